The van der Waals surface area contributed by atoms with E-state index in [1.807, 2.05) is 7.05 Å². The Kier molecular flexibility index (Phi) is 6.02. The van der Waals surface area contributed by atoms with Crippen molar-refractivity contribution in [2.24, 2.45) is 0 Å². The molecule has 0 atom stereocenters. The van der Waals surface area contributed by atoms with Gasteiger partial charge in [-0.25, -0.2) is 0 Å². The summed E-state index contributed by atoms with van der Waals surface area (Å²) in [7, 11) is 3.44. The lowest BCUT2D eigenvalue weighted by atomic mass is 10.1. The first-order valence-electron chi connectivity index (χ1n) is 7.36. The maximum absolute atomic E-state index is 11.1. The van der Waals surface area contributed by atoms with Crippen LogP contribution in [0.15, 0.2) is 24.3 Å². The van der Waals surface area contributed by atoms with Crippen LogP contribution in [0.5, 0.6) is 0 Å². The highest BCUT2D eigenvalue weighted by Gasteiger charge is 2.11. The fraction of sp³-hybridized carbons (Fsp3) is 0.562. The third-order valence-corrected chi connectivity index (χ3v) is 3.69. The van der Waals surface area contributed by atoms with E-state index in [0.717, 1.165) is 32.8 Å². The smallest absolute Gasteiger partial charge is 0.306 e. The third-order valence-electron chi connectivity index (χ3n) is 3.69. The number of rotatable bonds is 6. The Bertz CT molecular complexity index is 441. The van der Waals surface area contributed by atoms with E-state index in [0.29, 0.717) is 13.0 Å². The summed E-state index contributed by atoms with van der Waals surface area (Å²) in [5, 5.41) is 0. The zero-order valence-corrected chi connectivity index (χ0v) is 12.9. The Labute approximate surface area is 126 Å². The Morgan fingerprint density at radius 2 is 1.95 bits per heavy atom. The first-order chi connectivity index (χ1) is 10.2. The molecule has 0 unspecified atom stereocenters. The molecule has 0 aromatic heterocycles. The Morgan fingerprint density at radius 3 is 2.57 bits per heavy atom. The van der Waals surface area contributed by atoms with E-state index < -0.39 is 0 Å². The number of carbonyl (C=O) groups excluding carboxylic acids is 1. The number of esters is 1. The minimum absolute atomic E-state index is 0.162. The van der Waals surface area contributed by atoms with Crippen LogP contribution in [0.25, 0.3) is 0 Å². The molecule has 0 aliphatic carbocycles. The molecule has 1 heterocycles. The summed E-state index contributed by atoms with van der Waals surface area (Å²) in [4.78, 5) is 15.6. The fourth-order valence-corrected chi connectivity index (χ4v) is 2.41. The number of hydrogen-bond acceptors (Lipinski definition) is 5. The van der Waals surface area contributed by atoms with E-state index in [1.54, 1.807) is 0 Å². The molecule has 1 aromatic carbocycles. The van der Waals surface area contributed by atoms with Gasteiger partial charge < -0.3 is 19.3 Å². The van der Waals surface area contributed by atoms with Gasteiger partial charge in [-0.2, -0.15) is 0 Å². The lowest BCUT2D eigenvalue weighted by molar-refractivity contribution is -0.140. The van der Waals surface area contributed by atoms with Gasteiger partial charge in [0.25, 0.3) is 0 Å². The van der Waals surface area contributed by atoms with Crippen LogP contribution in [-0.4, -0.2) is 57.9 Å². The largest absolute Gasteiger partial charge is 0.469 e. The maximum Gasteiger partial charge on any atom is 0.306 e. The monoisotopic (exact) mass is 292 g/mol. The summed E-state index contributed by atoms with van der Waals surface area (Å²) in [5.74, 6) is -0.162. The maximum atomic E-state index is 11.1. The van der Waals surface area contributed by atoms with Crippen molar-refractivity contribution in [1.29, 1.82) is 0 Å². The van der Waals surface area contributed by atoms with E-state index in [-0.39, 0.29) is 5.97 Å². The van der Waals surface area contributed by atoms with Crippen molar-refractivity contribution in [3.05, 3.63) is 29.8 Å². The van der Waals surface area contributed by atoms with Crippen molar-refractivity contribution in [2.75, 3.05) is 51.9 Å². The van der Waals surface area contributed by atoms with E-state index in [4.69, 9.17) is 4.74 Å². The molecular weight excluding hydrogens is 268 g/mol. The number of anilines is 1. The molecule has 5 nitrogen and oxygen atoms in total. The first-order valence-corrected chi connectivity index (χ1v) is 7.36. The first kappa shape index (κ1) is 15.8. The number of benzene rings is 1. The zero-order valence-electron chi connectivity index (χ0n) is 12.9. The van der Waals surface area contributed by atoms with E-state index >= 15 is 0 Å². The van der Waals surface area contributed by atoms with Crippen LogP contribution in [0.1, 0.15) is 12.0 Å². The Hall–Kier alpha value is -1.59. The summed E-state index contributed by atoms with van der Waals surface area (Å²) < 4.78 is 10.0. The fourth-order valence-electron chi connectivity index (χ4n) is 2.41. The van der Waals surface area contributed by atoms with Crippen LogP contribution in [0.3, 0.4) is 0 Å². The van der Waals surface area contributed by atoms with Crippen molar-refractivity contribution >= 4 is 11.7 Å². The number of methoxy groups -OCH3 is 1. The molecule has 2 rings (SSSR count). The normalized spacial score (nSPS) is 15.3. The molecule has 0 saturated carbocycles. The molecule has 0 bridgehead atoms. The van der Waals surface area contributed by atoms with Gasteiger partial charge in [0.15, 0.2) is 0 Å². The van der Waals surface area contributed by atoms with Crippen LogP contribution in [0, 0.1) is 0 Å². The van der Waals surface area contributed by atoms with Gasteiger partial charge in [0, 0.05) is 31.9 Å². The molecule has 21 heavy (non-hydrogen) atoms. The molecule has 0 N–H and O–H groups in total. The van der Waals surface area contributed by atoms with Gasteiger partial charge in [-0.3, -0.25) is 4.79 Å². The quantitative estimate of drug-likeness (QED) is 0.744. The van der Waals surface area contributed by atoms with Crippen LogP contribution in [0.2, 0.25) is 0 Å². The summed E-state index contributed by atoms with van der Waals surface area (Å²) in [6.07, 6.45) is 0.429. The highest BCUT2D eigenvalue weighted by molar-refractivity contribution is 5.69. The van der Waals surface area contributed by atoms with E-state index in [9.17, 15) is 4.79 Å². The molecule has 116 valence electrons. The molecule has 1 saturated heterocycles. The second-order valence-corrected chi connectivity index (χ2v) is 5.33. The number of carbonyl (C=O) groups is 1. The number of morpholine rings is 1. The van der Waals surface area contributed by atoms with Gasteiger partial charge in [-0.05, 0) is 24.7 Å². The van der Waals surface area contributed by atoms with Gasteiger partial charge in [0.05, 0.1) is 26.7 Å². The summed E-state index contributed by atoms with van der Waals surface area (Å²) in [5.41, 5.74) is 2.50. The van der Waals surface area contributed by atoms with Gasteiger partial charge in [-0.15, -0.1) is 0 Å². The van der Waals surface area contributed by atoms with E-state index in [1.165, 1.54) is 18.4 Å². The third kappa shape index (κ3) is 5.02. The number of nitrogens with zero attached hydrogens (tertiary/aromatic N) is 2. The number of ether oxygens (including phenoxy) is 2. The molecular formula is C16H24N2O3. The molecule has 0 amide bonds. The van der Waals surface area contributed by atoms with Crippen molar-refractivity contribution < 1.29 is 14.3 Å². The molecule has 1 fully saturated rings. The molecule has 0 radical (unpaired) electrons. The minimum atomic E-state index is -0.162. The average molecular weight is 292 g/mol. The molecule has 5 heteroatoms. The lowest BCUT2D eigenvalue weighted by Crippen LogP contribution is -2.36. The lowest BCUT2D eigenvalue weighted by Gasteiger charge is -2.29. The Morgan fingerprint density at radius 1 is 1.29 bits per heavy atom. The van der Waals surface area contributed by atoms with Gasteiger partial charge in [-0.1, -0.05) is 12.1 Å². The second-order valence-electron chi connectivity index (χ2n) is 5.33. The predicted molar refractivity (Wildman–Crippen MR) is 82.4 cm³/mol. The van der Waals surface area contributed by atoms with Gasteiger partial charge >= 0.3 is 5.97 Å². The van der Waals surface area contributed by atoms with Crippen molar-refractivity contribution in [3.63, 3.8) is 0 Å². The molecule has 1 aliphatic rings. The molecule has 1 aromatic rings. The Balaban J connectivity index is 1.82. The number of hydrogen-bond donors (Lipinski definition) is 0. The van der Waals surface area contributed by atoms with Crippen LogP contribution < -0.4 is 4.90 Å². The summed E-state index contributed by atoms with van der Waals surface area (Å²) in [6.45, 7) is 5.06. The van der Waals surface area contributed by atoms with Gasteiger partial charge in [0.1, 0.15) is 0 Å². The average Bonchev–Trinajstić information content (AvgIpc) is 2.54. The topological polar surface area (TPSA) is 42.0 Å². The van der Waals surface area contributed by atoms with Crippen molar-refractivity contribution in [2.45, 2.75) is 13.0 Å². The van der Waals surface area contributed by atoms with Crippen LogP contribution in [0.4, 0.5) is 5.69 Å². The zero-order chi connectivity index (χ0) is 15.1. The molecule has 0 spiro atoms. The van der Waals surface area contributed by atoms with Crippen LogP contribution >= 0.6 is 0 Å². The summed E-state index contributed by atoms with van der Waals surface area (Å²) >= 11 is 0. The minimum Gasteiger partial charge on any atom is -0.469 e. The predicted octanol–water partition coefficient (Wildman–Crippen LogP) is 1.52. The van der Waals surface area contributed by atoms with Crippen molar-refractivity contribution in [1.82, 2.24) is 4.90 Å². The highest BCUT2D eigenvalue weighted by Crippen LogP contribution is 2.17. The van der Waals surface area contributed by atoms with Crippen LogP contribution in [-0.2, 0) is 20.8 Å². The second kappa shape index (κ2) is 8.00. The van der Waals surface area contributed by atoms with Crippen molar-refractivity contribution in [3.8, 4) is 0 Å². The van der Waals surface area contributed by atoms with E-state index in [2.05, 4.69) is 38.8 Å². The highest BCUT2D eigenvalue weighted by atomic mass is 16.5. The molecule has 1 aliphatic heterocycles. The SMILES string of the molecule is COC(=O)CCN(C)Cc1ccc(N2CCOCC2)cc1. The standard InChI is InChI=1S/C16H24N2O3/c1-17(8-7-16(19)20-2)13-14-3-5-15(6-4-14)18-9-11-21-12-10-18/h3-6H,7-13H2,1-2H3. The van der Waals surface area contributed by atoms with Gasteiger partial charge in [0.2, 0.25) is 0 Å². The summed E-state index contributed by atoms with van der Waals surface area (Å²) in [6, 6.07) is 8.63.